The van der Waals surface area contributed by atoms with E-state index in [9.17, 15) is 18.0 Å². The van der Waals surface area contributed by atoms with Crippen LogP contribution >= 0.6 is 11.6 Å². The average Bonchev–Trinajstić information content (AvgIpc) is 3.83. The van der Waals surface area contributed by atoms with Gasteiger partial charge in [0, 0.05) is 0 Å². The molecule has 1 fully saturated rings. The molecule has 0 saturated carbocycles. The standard InChI is InChI=1S/C11H10ClFO2.C11H11FO2.C10H11FO/c12-6-9(14)11-3-1-7-5-8(13)2-4-10(7)15-11;12-8-2-4-9-7(5-8)1-3-10(14-9)11-6-13-11;1-7-2-3-8-6-9(11)4-5-10(8)12-7/h2,4-5,11H,1,3,6H2;2,4-5,10-11H,1,3,6H2;4-7H,2-3H2,1H3/t11-;10-,11?;7-/m001/s1. The van der Waals surface area contributed by atoms with Gasteiger partial charge >= 0.3 is 0 Å². The first-order chi connectivity index (χ1) is 19.8. The third kappa shape index (κ3) is 7.74. The number of ether oxygens (including phenoxy) is 4. The van der Waals surface area contributed by atoms with E-state index < -0.39 is 6.10 Å². The molecule has 1 unspecified atom stereocenters. The smallest absolute Gasteiger partial charge is 0.187 e. The molecule has 7 rings (SSSR count). The van der Waals surface area contributed by atoms with Gasteiger partial charge < -0.3 is 18.9 Å². The maximum absolute atomic E-state index is 12.9. The summed E-state index contributed by atoms with van der Waals surface area (Å²) in [7, 11) is 0. The Labute approximate surface area is 242 Å². The summed E-state index contributed by atoms with van der Waals surface area (Å²) in [6.07, 6.45) is 5.19. The molecule has 3 aromatic carbocycles. The van der Waals surface area contributed by atoms with Gasteiger partial charge in [-0.3, -0.25) is 4.79 Å². The number of alkyl halides is 1. The maximum atomic E-state index is 12.9. The van der Waals surface area contributed by atoms with Crippen molar-refractivity contribution in [1.82, 2.24) is 0 Å². The minimum absolute atomic E-state index is 0.0405. The van der Waals surface area contributed by atoms with E-state index in [4.69, 9.17) is 30.5 Å². The van der Waals surface area contributed by atoms with Crippen molar-refractivity contribution in [1.29, 1.82) is 0 Å². The van der Waals surface area contributed by atoms with Crippen LogP contribution < -0.4 is 14.2 Å². The number of halogens is 4. The fourth-order valence-electron chi connectivity index (χ4n) is 5.07. The third-order valence-corrected chi connectivity index (χ3v) is 7.67. The largest absolute Gasteiger partial charge is 0.490 e. The van der Waals surface area contributed by atoms with Crippen LogP contribution in [0.15, 0.2) is 54.6 Å². The van der Waals surface area contributed by atoms with Crippen molar-refractivity contribution >= 4 is 17.4 Å². The van der Waals surface area contributed by atoms with Crippen LogP contribution in [-0.4, -0.2) is 42.7 Å². The molecule has 4 atom stereocenters. The lowest BCUT2D eigenvalue weighted by Gasteiger charge is -2.24. The first-order valence-corrected chi connectivity index (χ1v) is 14.4. The van der Waals surface area contributed by atoms with E-state index >= 15 is 0 Å². The number of carbonyl (C=O) groups is 1. The van der Waals surface area contributed by atoms with Gasteiger partial charge in [0.05, 0.1) is 18.6 Å². The van der Waals surface area contributed by atoms with Gasteiger partial charge in [0.25, 0.3) is 0 Å². The molecular weight excluding hydrogens is 557 g/mol. The quantitative estimate of drug-likeness (QED) is 0.249. The molecule has 41 heavy (non-hydrogen) atoms. The predicted molar refractivity (Wildman–Crippen MR) is 149 cm³/mol. The molecular formula is C32H32ClF3O5. The van der Waals surface area contributed by atoms with E-state index in [1.54, 1.807) is 30.3 Å². The Balaban J connectivity index is 0.000000124. The number of benzene rings is 3. The second kappa shape index (κ2) is 13.2. The number of aryl methyl sites for hydroxylation is 3. The second-order valence-electron chi connectivity index (χ2n) is 10.5. The van der Waals surface area contributed by atoms with Gasteiger partial charge in [0.15, 0.2) is 11.9 Å². The van der Waals surface area contributed by atoms with E-state index in [1.165, 1.54) is 24.3 Å². The molecule has 0 N–H and O–H groups in total. The summed E-state index contributed by atoms with van der Waals surface area (Å²) >= 11 is 5.45. The molecule has 0 aromatic heterocycles. The molecule has 5 nitrogen and oxygen atoms in total. The molecule has 0 bridgehead atoms. The summed E-state index contributed by atoms with van der Waals surface area (Å²) in [5.74, 6) is 1.45. The maximum Gasteiger partial charge on any atom is 0.187 e. The van der Waals surface area contributed by atoms with Crippen LogP contribution in [0.1, 0.15) is 42.9 Å². The zero-order chi connectivity index (χ0) is 28.9. The summed E-state index contributed by atoms with van der Waals surface area (Å²) in [6.45, 7) is 2.84. The van der Waals surface area contributed by atoms with Crippen LogP contribution in [0, 0.1) is 17.5 Å². The molecule has 0 amide bonds. The minimum Gasteiger partial charge on any atom is -0.490 e. The highest BCUT2D eigenvalue weighted by molar-refractivity contribution is 6.28. The van der Waals surface area contributed by atoms with Crippen LogP contribution in [0.5, 0.6) is 17.2 Å². The van der Waals surface area contributed by atoms with Crippen LogP contribution in [0.4, 0.5) is 13.2 Å². The Morgan fingerprint density at radius 1 is 0.732 bits per heavy atom. The SMILES string of the molecule is C[C@@H]1CCc2cc(F)ccc2O1.Fc1ccc2c(c1)CC[C@@H](C1CO1)O2.O=C(CCl)[C@@H]1CCc2cc(F)ccc2O1. The van der Waals surface area contributed by atoms with E-state index in [0.29, 0.717) is 18.6 Å². The molecule has 4 heterocycles. The highest BCUT2D eigenvalue weighted by Gasteiger charge is 2.36. The van der Waals surface area contributed by atoms with E-state index in [-0.39, 0.29) is 47.4 Å². The molecule has 9 heteroatoms. The van der Waals surface area contributed by atoms with Crippen molar-refractivity contribution in [2.45, 2.75) is 69.9 Å². The summed E-state index contributed by atoms with van der Waals surface area (Å²) in [4.78, 5) is 11.3. The molecule has 4 aliphatic heterocycles. The number of fused-ring (bicyclic) bond motifs is 3. The van der Waals surface area contributed by atoms with Gasteiger partial charge in [0.2, 0.25) is 0 Å². The highest BCUT2D eigenvalue weighted by Crippen LogP contribution is 2.33. The molecule has 3 aromatic rings. The lowest BCUT2D eigenvalue weighted by molar-refractivity contribution is -0.123. The van der Waals surface area contributed by atoms with Crippen LogP contribution in [0.25, 0.3) is 0 Å². The first kappa shape index (κ1) is 29.3. The molecule has 218 valence electrons. The average molecular weight is 589 g/mol. The molecule has 0 spiro atoms. The fourth-order valence-corrected chi connectivity index (χ4v) is 5.24. The van der Waals surface area contributed by atoms with Crippen molar-refractivity contribution < 1.29 is 36.9 Å². The molecule has 1 saturated heterocycles. The Morgan fingerprint density at radius 2 is 1.22 bits per heavy atom. The summed E-state index contributed by atoms with van der Waals surface area (Å²) < 4.78 is 60.4. The van der Waals surface area contributed by atoms with E-state index in [0.717, 1.165) is 60.5 Å². The Morgan fingerprint density at radius 3 is 1.76 bits per heavy atom. The van der Waals surface area contributed by atoms with Gasteiger partial charge in [-0.05, 0) is 117 Å². The number of hydrogen-bond donors (Lipinski definition) is 0. The number of rotatable bonds is 3. The van der Waals surface area contributed by atoms with Gasteiger partial charge in [-0.25, -0.2) is 13.2 Å². The van der Waals surface area contributed by atoms with Crippen LogP contribution in [0.2, 0.25) is 0 Å². The van der Waals surface area contributed by atoms with E-state index in [2.05, 4.69) is 0 Å². The number of Topliss-reactive ketones (excluding diaryl/α,β-unsaturated/α-hetero) is 1. The van der Waals surface area contributed by atoms with Gasteiger partial charge in [0.1, 0.15) is 46.9 Å². The zero-order valence-corrected chi connectivity index (χ0v) is 23.5. The fraction of sp³-hybridized carbons (Fsp3) is 0.406. The normalized spacial score (nSPS) is 23.2. The lowest BCUT2D eigenvalue weighted by Crippen LogP contribution is -2.32. The molecule has 0 aliphatic carbocycles. The van der Waals surface area contributed by atoms with Crippen molar-refractivity contribution in [3.8, 4) is 17.2 Å². The zero-order valence-electron chi connectivity index (χ0n) is 22.7. The second-order valence-corrected chi connectivity index (χ2v) is 10.8. The van der Waals surface area contributed by atoms with Gasteiger partial charge in [-0.2, -0.15) is 0 Å². The number of carbonyl (C=O) groups excluding carboxylic acids is 1. The van der Waals surface area contributed by atoms with Gasteiger partial charge in [-0.1, -0.05) is 0 Å². The number of epoxide rings is 1. The summed E-state index contributed by atoms with van der Waals surface area (Å²) in [5.41, 5.74) is 2.78. The monoisotopic (exact) mass is 588 g/mol. The van der Waals surface area contributed by atoms with E-state index in [1.807, 2.05) is 6.92 Å². The van der Waals surface area contributed by atoms with Crippen molar-refractivity contribution in [2.24, 2.45) is 0 Å². The number of hydrogen-bond acceptors (Lipinski definition) is 5. The highest BCUT2D eigenvalue weighted by atomic mass is 35.5. The Bertz CT molecular complexity index is 1380. The van der Waals surface area contributed by atoms with Crippen LogP contribution in [-0.2, 0) is 28.8 Å². The molecule has 0 radical (unpaired) electrons. The number of ketones is 1. The minimum atomic E-state index is -0.472. The topological polar surface area (TPSA) is 57.3 Å². The van der Waals surface area contributed by atoms with Crippen molar-refractivity contribution in [3.05, 3.63) is 88.7 Å². The van der Waals surface area contributed by atoms with Crippen LogP contribution in [0.3, 0.4) is 0 Å². The summed E-state index contributed by atoms with van der Waals surface area (Å²) in [5, 5.41) is 0. The van der Waals surface area contributed by atoms with Crippen molar-refractivity contribution in [3.63, 3.8) is 0 Å². The summed E-state index contributed by atoms with van der Waals surface area (Å²) in [6, 6.07) is 13.7. The van der Waals surface area contributed by atoms with Crippen molar-refractivity contribution in [2.75, 3.05) is 12.5 Å². The Kier molecular flexibility index (Phi) is 9.40. The lowest BCUT2D eigenvalue weighted by atomic mass is 10.0. The Hall–Kier alpha value is -3.23. The first-order valence-electron chi connectivity index (χ1n) is 13.8. The molecule has 4 aliphatic rings. The van der Waals surface area contributed by atoms with Gasteiger partial charge in [-0.15, -0.1) is 11.6 Å². The predicted octanol–water partition coefficient (Wildman–Crippen LogP) is 6.78. The third-order valence-electron chi connectivity index (χ3n) is 7.40.